The van der Waals surface area contributed by atoms with E-state index in [9.17, 15) is 22.0 Å². The van der Waals surface area contributed by atoms with Crippen molar-refractivity contribution in [2.45, 2.75) is 44.5 Å². The molecule has 0 aliphatic heterocycles. The van der Waals surface area contributed by atoms with Crippen molar-refractivity contribution in [1.82, 2.24) is 24.7 Å². The number of hydrogen-bond donors (Lipinski definition) is 2. The first-order valence-corrected chi connectivity index (χ1v) is 8.74. The molecule has 4 rings (SSSR count). The van der Waals surface area contributed by atoms with Crippen LogP contribution in [0, 0.1) is 0 Å². The first-order chi connectivity index (χ1) is 13.6. The molecule has 3 aromatic rings. The molecule has 3 aromatic heterocycles. The van der Waals surface area contributed by atoms with E-state index in [1.54, 1.807) is 19.1 Å². The van der Waals surface area contributed by atoms with Crippen LogP contribution in [0.2, 0.25) is 0 Å². The minimum absolute atomic E-state index is 0.122. The van der Waals surface area contributed by atoms with Crippen LogP contribution in [0.1, 0.15) is 25.3 Å². The summed E-state index contributed by atoms with van der Waals surface area (Å²) in [4.78, 5) is 11.7. The number of halogens is 5. The lowest BCUT2D eigenvalue weighted by atomic mass is 10.2. The monoisotopic (exact) mass is 413 g/mol. The van der Waals surface area contributed by atoms with Crippen molar-refractivity contribution in [3.63, 3.8) is 0 Å². The third-order valence-electron chi connectivity index (χ3n) is 4.56. The lowest BCUT2D eigenvalue weighted by Crippen LogP contribution is -2.21. The highest BCUT2D eigenvalue weighted by molar-refractivity contribution is 5.88. The smallest absolute Gasteiger partial charge is 0.364 e. The maximum absolute atomic E-state index is 13.3. The Morgan fingerprint density at radius 1 is 1.21 bits per heavy atom. The minimum Gasteiger partial charge on any atom is -0.364 e. The Labute approximate surface area is 161 Å². The number of hydrogen-bond acceptors (Lipinski definition) is 6. The maximum atomic E-state index is 13.3. The summed E-state index contributed by atoms with van der Waals surface area (Å²) in [7, 11) is 0. The second-order valence-corrected chi connectivity index (χ2v) is 7.06. The summed E-state index contributed by atoms with van der Waals surface area (Å²) in [6.07, 6.45) is -3.70. The fourth-order valence-electron chi connectivity index (χ4n) is 2.81. The van der Waals surface area contributed by atoms with Gasteiger partial charge in [0.15, 0.2) is 11.5 Å². The van der Waals surface area contributed by atoms with E-state index in [2.05, 4.69) is 30.7 Å². The van der Waals surface area contributed by atoms with Crippen molar-refractivity contribution in [1.29, 1.82) is 0 Å². The standard InChI is InChI=1S/C17H16F5N7/c1-16(4-5-16)27-13-10(17(20,21)22)7-24-15(26-13)25-12-9-3-2-6-23-14(9)29(28-12)8-11(18)19/h2-3,6-7,11H,4-5,8H2,1H3,(H2,24,25,26,27,28). The fraction of sp³-hybridized carbons (Fsp3) is 0.412. The zero-order valence-electron chi connectivity index (χ0n) is 15.1. The minimum atomic E-state index is -4.62. The van der Waals surface area contributed by atoms with Gasteiger partial charge in [-0.3, -0.25) is 0 Å². The largest absolute Gasteiger partial charge is 0.421 e. The first-order valence-electron chi connectivity index (χ1n) is 8.74. The molecule has 12 heteroatoms. The molecule has 3 heterocycles. The predicted molar refractivity (Wildman–Crippen MR) is 95.1 cm³/mol. The van der Waals surface area contributed by atoms with Crippen LogP contribution in [0.15, 0.2) is 24.5 Å². The Hall–Kier alpha value is -3.05. The Kier molecular flexibility index (Phi) is 4.50. The Bertz CT molecular complexity index is 1040. The molecule has 0 bridgehead atoms. The number of aromatic nitrogens is 5. The third kappa shape index (κ3) is 4.05. The summed E-state index contributed by atoms with van der Waals surface area (Å²) in [5, 5.41) is 10.0. The van der Waals surface area contributed by atoms with Crippen LogP contribution in [-0.4, -0.2) is 36.7 Å². The summed E-state index contributed by atoms with van der Waals surface area (Å²) in [6.45, 7) is 1.13. The molecule has 0 unspecified atom stereocenters. The highest BCUT2D eigenvalue weighted by Crippen LogP contribution is 2.41. The highest BCUT2D eigenvalue weighted by atomic mass is 19.4. The molecule has 2 N–H and O–H groups in total. The molecule has 1 aliphatic carbocycles. The molecule has 0 aromatic carbocycles. The van der Waals surface area contributed by atoms with Crippen molar-refractivity contribution < 1.29 is 22.0 Å². The number of nitrogens with one attached hydrogen (secondary N) is 2. The molecule has 1 saturated carbocycles. The lowest BCUT2D eigenvalue weighted by Gasteiger charge is -2.18. The molecule has 1 fully saturated rings. The second-order valence-electron chi connectivity index (χ2n) is 7.06. The van der Waals surface area contributed by atoms with E-state index in [0.29, 0.717) is 11.6 Å². The zero-order chi connectivity index (χ0) is 20.8. The van der Waals surface area contributed by atoms with Gasteiger partial charge in [0, 0.05) is 17.9 Å². The van der Waals surface area contributed by atoms with Gasteiger partial charge in [-0.2, -0.15) is 23.3 Å². The molecule has 0 radical (unpaired) electrons. The van der Waals surface area contributed by atoms with Crippen molar-refractivity contribution in [3.8, 4) is 0 Å². The third-order valence-corrected chi connectivity index (χ3v) is 4.56. The molecule has 154 valence electrons. The summed E-state index contributed by atoms with van der Waals surface area (Å²) in [5.74, 6) is -0.362. The molecule has 0 atom stereocenters. The van der Waals surface area contributed by atoms with Gasteiger partial charge in [-0.1, -0.05) is 0 Å². The molecule has 7 nitrogen and oxygen atoms in total. The Morgan fingerprint density at radius 3 is 2.62 bits per heavy atom. The molecular formula is C17H16F5N7. The van der Waals surface area contributed by atoms with Crippen LogP contribution in [0.4, 0.5) is 39.5 Å². The quantitative estimate of drug-likeness (QED) is 0.590. The van der Waals surface area contributed by atoms with Crippen molar-refractivity contribution >= 4 is 28.6 Å². The van der Waals surface area contributed by atoms with Gasteiger partial charge in [0.2, 0.25) is 5.95 Å². The van der Waals surface area contributed by atoms with Crippen molar-refractivity contribution in [2.24, 2.45) is 0 Å². The number of pyridine rings is 1. The molecular weight excluding hydrogens is 397 g/mol. The highest BCUT2D eigenvalue weighted by Gasteiger charge is 2.42. The van der Waals surface area contributed by atoms with E-state index in [-0.39, 0.29) is 23.2 Å². The summed E-state index contributed by atoms with van der Waals surface area (Å²) in [5.41, 5.74) is -1.21. The number of rotatable bonds is 6. The van der Waals surface area contributed by atoms with E-state index in [0.717, 1.165) is 17.5 Å². The van der Waals surface area contributed by atoms with Crippen molar-refractivity contribution in [3.05, 3.63) is 30.1 Å². The summed E-state index contributed by atoms with van der Waals surface area (Å²) in [6, 6.07) is 3.20. The lowest BCUT2D eigenvalue weighted by molar-refractivity contribution is -0.137. The van der Waals surface area contributed by atoms with Crippen LogP contribution in [0.3, 0.4) is 0 Å². The van der Waals surface area contributed by atoms with Crippen LogP contribution in [-0.2, 0) is 12.7 Å². The van der Waals surface area contributed by atoms with Crippen LogP contribution in [0.25, 0.3) is 11.0 Å². The molecule has 0 amide bonds. The van der Waals surface area contributed by atoms with Crippen molar-refractivity contribution in [2.75, 3.05) is 10.6 Å². The SMILES string of the molecule is CC1(Nc2nc(Nc3nn(CC(F)F)c4ncccc34)ncc2C(F)(F)F)CC1. The zero-order valence-corrected chi connectivity index (χ0v) is 15.1. The fourth-order valence-corrected chi connectivity index (χ4v) is 2.81. The van der Waals surface area contributed by atoms with Crippen LogP contribution >= 0.6 is 0 Å². The van der Waals surface area contributed by atoms with Crippen LogP contribution in [0.5, 0.6) is 0 Å². The average molecular weight is 413 g/mol. The number of alkyl halides is 5. The average Bonchev–Trinajstić information content (AvgIpc) is 3.26. The van der Waals surface area contributed by atoms with Gasteiger partial charge in [-0.15, -0.1) is 0 Å². The molecule has 29 heavy (non-hydrogen) atoms. The van der Waals surface area contributed by atoms with E-state index < -0.39 is 30.2 Å². The van der Waals surface area contributed by atoms with E-state index in [1.165, 1.54) is 6.20 Å². The molecule has 1 aliphatic rings. The second kappa shape index (κ2) is 6.78. The topological polar surface area (TPSA) is 80.5 Å². The van der Waals surface area contributed by atoms with Gasteiger partial charge in [0.1, 0.15) is 17.9 Å². The van der Waals surface area contributed by atoms with Crippen LogP contribution < -0.4 is 10.6 Å². The number of nitrogens with zero attached hydrogens (tertiary/aromatic N) is 5. The number of anilines is 3. The van der Waals surface area contributed by atoms with E-state index in [4.69, 9.17) is 0 Å². The summed E-state index contributed by atoms with van der Waals surface area (Å²) < 4.78 is 66.5. The van der Waals surface area contributed by atoms with E-state index >= 15 is 0 Å². The normalized spacial score (nSPS) is 15.7. The molecule has 0 spiro atoms. The number of fused-ring (bicyclic) bond motifs is 1. The summed E-state index contributed by atoms with van der Waals surface area (Å²) >= 11 is 0. The maximum Gasteiger partial charge on any atom is 0.421 e. The Morgan fingerprint density at radius 2 is 1.97 bits per heavy atom. The predicted octanol–water partition coefficient (Wildman–Crippen LogP) is 4.21. The first kappa shape index (κ1) is 19.3. The van der Waals surface area contributed by atoms with Gasteiger partial charge in [0.25, 0.3) is 6.43 Å². The van der Waals surface area contributed by atoms with Gasteiger partial charge >= 0.3 is 6.18 Å². The van der Waals surface area contributed by atoms with Gasteiger partial charge < -0.3 is 10.6 Å². The Balaban J connectivity index is 1.70. The van der Waals surface area contributed by atoms with Gasteiger partial charge in [-0.05, 0) is 31.9 Å². The van der Waals surface area contributed by atoms with Gasteiger partial charge in [0.05, 0.1) is 5.39 Å². The van der Waals surface area contributed by atoms with E-state index in [1.807, 2.05) is 0 Å². The molecule has 0 saturated heterocycles. The van der Waals surface area contributed by atoms with Gasteiger partial charge in [-0.25, -0.2) is 23.4 Å².